The van der Waals surface area contributed by atoms with E-state index in [0.29, 0.717) is 17.0 Å². The van der Waals surface area contributed by atoms with Crippen LogP contribution in [-0.4, -0.2) is 33.3 Å². The highest BCUT2D eigenvalue weighted by Gasteiger charge is 2.45. The maximum atomic E-state index is 12.6. The molecule has 7 heteroatoms. The number of carbonyl (C=O) groups is 2. The molecule has 0 unspecified atom stereocenters. The summed E-state index contributed by atoms with van der Waals surface area (Å²) < 4.78 is 15.2. The summed E-state index contributed by atoms with van der Waals surface area (Å²) in [6.07, 6.45) is 0. The monoisotopic (exact) mass is 369 g/mol. The normalized spacial score (nSPS) is 16.0. The SMILES string of the molecule is COC(=O)C1=C(C(=O)OC)[C@H](c2ccccc2OC)N(c2ccccc2)O1. The summed E-state index contributed by atoms with van der Waals surface area (Å²) in [6, 6.07) is 15.5. The molecule has 7 nitrogen and oxygen atoms in total. The molecule has 0 saturated heterocycles. The fourth-order valence-corrected chi connectivity index (χ4v) is 2.95. The Morgan fingerprint density at radius 3 is 2.15 bits per heavy atom. The highest BCUT2D eigenvalue weighted by Crippen LogP contribution is 2.44. The van der Waals surface area contributed by atoms with Crippen molar-refractivity contribution < 1.29 is 28.6 Å². The lowest BCUT2D eigenvalue weighted by Gasteiger charge is -2.27. The zero-order valence-electron chi connectivity index (χ0n) is 15.2. The molecule has 140 valence electrons. The number of benzene rings is 2. The van der Waals surface area contributed by atoms with E-state index >= 15 is 0 Å². The van der Waals surface area contributed by atoms with Gasteiger partial charge in [-0.2, -0.15) is 5.06 Å². The van der Waals surface area contributed by atoms with Crippen LogP contribution in [0.3, 0.4) is 0 Å². The van der Waals surface area contributed by atoms with Crippen molar-refractivity contribution in [1.82, 2.24) is 0 Å². The van der Waals surface area contributed by atoms with E-state index in [1.165, 1.54) is 26.4 Å². The molecular weight excluding hydrogens is 350 g/mol. The summed E-state index contributed by atoms with van der Waals surface area (Å²) in [5.74, 6) is -1.14. The molecule has 0 saturated carbocycles. The molecule has 0 bridgehead atoms. The summed E-state index contributed by atoms with van der Waals surface area (Å²) in [5.41, 5.74) is 1.33. The topological polar surface area (TPSA) is 74.3 Å². The molecule has 0 aliphatic carbocycles. The summed E-state index contributed by atoms with van der Waals surface area (Å²) in [4.78, 5) is 30.6. The molecule has 1 heterocycles. The van der Waals surface area contributed by atoms with Crippen LogP contribution in [0.15, 0.2) is 65.9 Å². The number of hydroxylamine groups is 1. The van der Waals surface area contributed by atoms with E-state index in [4.69, 9.17) is 19.0 Å². The lowest BCUT2D eigenvalue weighted by Crippen LogP contribution is -2.26. The van der Waals surface area contributed by atoms with E-state index in [0.717, 1.165) is 0 Å². The minimum absolute atomic E-state index is 0.0395. The predicted molar refractivity (Wildman–Crippen MR) is 96.8 cm³/mol. The third-order valence-corrected chi connectivity index (χ3v) is 4.16. The third-order valence-electron chi connectivity index (χ3n) is 4.16. The van der Waals surface area contributed by atoms with Gasteiger partial charge in [0.15, 0.2) is 0 Å². The van der Waals surface area contributed by atoms with Gasteiger partial charge in [-0.05, 0) is 18.2 Å². The Morgan fingerprint density at radius 2 is 1.52 bits per heavy atom. The highest BCUT2D eigenvalue weighted by atomic mass is 16.7. The minimum atomic E-state index is -0.770. The summed E-state index contributed by atoms with van der Waals surface area (Å²) in [7, 11) is 4.00. The summed E-state index contributed by atoms with van der Waals surface area (Å²) in [5, 5.41) is 1.47. The van der Waals surface area contributed by atoms with Crippen molar-refractivity contribution >= 4 is 17.6 Å². The molecule has 0 amide bonds. The molecule has 0 N–H and O–H groups in total. The van der Waals surface area contributed by atoms with Crippen molar-refractivity contribution in [2.75, 3.05) is 26.4 Å². The lowest BCUT2D eigenvalue weighted by atomic mass is 9.96. The van der Waals surface area contributed by atoms with Crippen molar-refractivity contribution in [3.05, 3.63) is 71.5 Å². The Bertz CT molecular complexity index is 877. The molecule has 1 aliphatic rings. The Morgan fingerprint density at radius 1 is 0.889 bits per heavy atom. The largest absolute Gasteiger partial charge is 0.496 e. The molecule has 0 aromatic heterocycles. The van der Waals surface area contributed by atoms with E-state index in [1.807, 2.05) is 30.3 Å². The number of ether oxygens (including phenoxy) is 3. The first-order chi connectivity index (χ1) is 13.1. The first-order valence-electron chi connectivity index (χ1n) is 8.18. The van der Waals surface area contributed by atoms with Gasteiger partial charge in [-0.25, -0.2) is 9.59 Å². The van der Waals surface area contributed by atoms with Crippen LogP contribution in [0.4, 0.5) is 5.69 Å². The first-order valence-corrected chi connectivity index (χ1v) is 8.18. The molecule has 0 radical (unpaired) electrons. The molecule has 0 spiro atoms. The quantitative estimate of drug-likeness (QED) is 0.750. The first kappa shape index (κ1) is 18.3. The van der Waals surface area contributed by atoms with E-state index < -0.39 is 18.0 Å². The van der Waals surface area contributed by atoms with Crippen LogP contribution in [-0.2, 0) is 23.9 Å². The van der Waals surface area contributed by atoms with Crippen molar-refractivity contribution in [2.24, 2.45) is 0 Å². The molecule has 3 rings (SSSR count). The van der Waals surface area contributed by atoms with Crippen molar-refractivity contribution in [1.29, 1.82) is 0 Å². The average molecular weight is 369 g/mol. The maximum absolute atomic E-state index is 12.6. The predicted octanol–water partition coefficient (Wildman–Crippen LogP) is 2.79. The molecular formula is C20H19NO6. The number of anilines is 1. The number of carbonyl (C=O) groups excluding carboxylic acids is 2. The second kappa shape index (κ2) is 7.82. The highest BCUT2D eigenvalue weighted by molar-refractivity contribution is 6.01. The number of hydrogen-bond donors (Lipinski definition) is 0. The maximum Gasteiger partial charge on any atom is 0.377 e. The molecule has 2 aromatic rings. The number of para-hydroxylation sites is 2. The van der Waals surface area contributed by atoms with Crippen LogP contribution in [0, 0.1) is 0 Å². The molecule has 27 heavy (non-hydrogen) atoms. The lowest BCUT2D eigenvalue weighted by molar-refractivity contribution is -0.141. The standard InChI is InChI=1S/C20H19NO6/c1-24-15-12-8-7-11-14(15)17-16(19(22)25-2)18(20(23)26-3)27-21(17)13-9-5-4-6-10-13/h4-12,17H,1-3H3/t17-/m0/s1. The zero-order valence-corrected chi connectivity index (χ0v) is 15.2. The van der Waals surface area contributed by atoms with Gasteiger partial charge in [0.25, 0.3) is 5.76 Å². The van der Waals surface area contributed by atoms with Crippen LogP contribution in [0.2, 0.25) is 0 Å². The van der Waals surface area contributed by atoms with Gasteiger partial charge in [-0.15, -0.1) is 0 Å². The van der Waals surface area contributed by atoms with Gasteiger partial charge in [0, 0.05) is 5.56 Å². The van der Waals surface area contributed by atoms with E-state index in [9.17, 15) is 9.59 Å². The van der Waals surface area contributed by atoms with E-state index in [1.54, 1.807) is 24.3 Å². The van der Waals surface area contributed by atoms with Gasteiger partial charge in [-0.1, -0.05) is 36.4 Å². The van der Waals surface area contributed by atoms with Gasteiger partial charge in [0.1, 0.15) is 17.4 Å². The van der Waals surface area contributed by atoms with Gasteiger partial charge in [0.2, 0.25) is 0 Å². The number of nitrogens with zero attached hydrogens (tertiary/aromatic N) is 1. The Labute approximate surface area is 156 Å². The van der Waals surface area contributed by atoms with Crippen LogP contribution < -0.4 is 9.80 Å². The second-order valence-corrected chi connectivity index (χ2v) is 5.62. The molecule has 1 aliphatic heterocycles. The van der Waals surface area contributed by atoms with Gasteiger partial charge >= 0.3 is 11.9 Å². The number of rotatable bonds is 5. The van der Waals surface area contributed by atoms with Crippen LogP contribution in [0.5, 0.6) is 5.75 Å². The smallest absolute Gasteiger partial charge is 0.377 e. The van der Waals surface area contributed by atoms with Gasteiger partial charge in [-0.3, -0.25) is 0 Å². The van der Waals surface area contributed by atoms with Gasteiger partial charge < -0.3 is 19.0 Å². The Balaban J connectivity index is 2.23. The molecule has 1 atom stereocenters. The minimum Gasteiger partial charge on any atom is -0.496 e. The fraction of sp³-hybridized carbons (Fsp3) is 0.200. The number of esters is 2. The number of methoxy groups -OCH3 is 3. The number of hydrogen-bond acceptors (Lipinski definition) is 7. The average Bonchev–Trinajstić information content (AvgIpc) is 3.13. The zero-order chi connectivity index (χ0) is 19.4. The summed E-state index contributed by atoms with van der Waals surface area (Å²) in [6.45, 7) is 0. The van der Waals surface area contributed by atoms with Crippen LogP contribution in [0.25, 0.3) is 0 Å². The van der Waals surface area contributed by atoms with E-state index in [2.05, 4.69) is 0 Å². The van der Waals surface area contributed by atoms with Crippen molar-refractivity contribution in [3.63, 3.8) is 0 Å². The van der Waals surface area contributed by atoms with Crippen LogP contribution in [0.1, 0.15) is 11.6 Å². The Kier molecular flexibility index (Phi) is 5.30. The van der Waals surface area contributed by atoms with Crippen LogP contribution >= 0.6 is 0 Å². The molecule has 2 aromatic carbocycles. The third kappa shape index (κ3) is 3.31. The summed E-state index contributed by atoms with van der Waals surface area (Å²) >= 11 is 0. The molecule has 0 fully saturated rings. The van der Waals surface area contributed by atoms with Gasteiger partial charge in [0.05, 0.1) is 27.0 Å². The van der Waals surface area contributed by atoms with Crippen molar-refractivity contribution in [3.8, 4) is 5.75 Å². The fourth-order valence-electron chi connectivity index (χ4n) is 2.95. The van der Waals surface area contributed by atoms with E-state index in [-0.39, 0.29) is 11.3 Å². The van der Waals surface area contributed by atoms with Crippen molar-refractivity contribution in [2.45, 2.75) is 6.04 Å². The second-order valence-electron chi connectivity index (χ2n) is 5.62. The Hall–Kier alpha value is -3.48.